The molecule has 0 aromatic heterocycles. The van der Waals surface area contributed by atoms with Gasteiger partial charge in [0.2, 0.25) is 0 Å². The molecule has 0 spiro atoms. The van der Waals surface area contributed by atoms with E-state index in [-0.39, 0.29) is 6.42 Å². The van der Waals surface area contributed by atoms with E-state index in [1.807, 2.05) is 0 Å². The average molecular weight is 242 g/mol. The van der Waals surface area contributed by atoms with Crippen molar-refractivity contribution < 1.29 is 28.5 Å². The van der Waals surface area contributed by atoms with Crippen LogP contribution >= 0.6 is 0 Å². The van der Waals surface area contributed by atoms with E-state index in [0.29, 0.717) is 0 Å². The number of hydrogen-bond acceptors (Lipinski definition) is 3. The lowest BCUT2D eigenvalue weighted by atomic mass is 9.81. The maximum absolute atomic E-state index is 12.8. The molecule has 0 bridgehead atoms. The van der Waals surface area contributed by atoms with Gasteiger partial charge in [0, 0.05) is 18.4 Å². The lowest BCUT2D eigenvalue weighted by Crippen LogP contribution is -2.57. The molecule has 1 aliphatic rings. The minimum Gasteiger partial charge on any atom is -0.396 e. The maximum Gasteiger partial charge on any atom is 0.420 e. The zero-order valence-electron chi connectivity index (χ0n) is 9.20. The fraction of sp³-hybridized carbons (Fsp3) is 1.00. The molecule has 0 unspecified atom stereocenters. The molecule has 3 nitrogen and oxygen atoms in total. The summed E-state index contributed by atoms with van der Waals surface area (Å²) in [7, 11) is 0. The molecule has 0 aromatic rings. The van der Waals surface area contributed by atoms with Gasteiger partial charge in [0.05, 0.1) is 6.10 Å². The lowest BCUT2D eigenvalue weighted by molar-refractivity contribution is -0.303. The van der Waals surface area contributed by atoms with E-state index in [4.69, 9.17) is 5.11 Å². The highest BCUT2D eigenvalue weighted by molar-refractivity contribution is 5.08. The van der Waals surface area contributed by atoms with Gasteiger partial charge >= 0.3 is 6.18 Å². The lowest BCUT2D eigenvalue weighted by Gasteiger charge is -2.36. The molecule has 0 aromatic carbocycles. The van der Waals surface area contributed by atoms with Crippen molar-refractivity contribution in [2.45, 2.75) is 38.1 Å². The molecule has 0 saturated heterocycles. The summed E-state index contributed by atoms with van der Waals surface area (Å²) in [5.41, 5.74) is -3.10. The summed E-state index contributed by atoms with van der Waals surface area (Å²) >= 11 is 0. The van der Waals surface area contributed by atoms with Crippen molar-refractivity contribution in [3.63, 3.8) is 0 Å². The molecule has 96 valence electrons. The van der Waals surface area contributed by atoms with Crippen LogP contribution in [0.1, 0.15) is 20.3 Å². The van der Waals surface area contributed by atoms with Crippen LogP contribution in [-0.2, 0) is 0 Å². The van der Waals surface area contributed by atoms with E-state index in [9.17, 15) is 23.4 Å². The van der Waals surface area contributed by atoms with Crippen molar-refractivity contribution in [3.8, 4) is 0 Å². The normalized spacial score (nSPS) is 40.7. The van der Waals surface area contributed by atoms with Gasteiger partial charge in [-0.2, -0.15) is 13.2 Å². The summed E-state index contributed by atoms with van der Waals surface area (Å²) in [6, 6.07) is 0. The van der Waals surface area contributed by atoms with Crippen LogP contribution in [0.2, 0.25) is 0 Å². The van der Waals surface area contributed by atoms with Crippen LogP contribution in [-0.4, -0.2) is 39.8 Å². The zero-order valence-corrected chi connectivity index (χ0v) is 9.20. The van der Waals surface area contributed by atoms with E-state index in [2.05, 4.69) is 0 Å². The summed E-state index contributed by atoms with van der Waals surface area (Å²) in [4.78, 5) is 0. The predicted molar refractivity (Wildman–Crippen MR) is 50.5 cm³/mol. The first-order valence-electron chi connectivity index (χ1n) is 5.24. The third kappa shape index (κ3) is 1.83. The van der Waals surface area contributed by atoms with Crippen LogP contribution in [0, 0.1) is 17.8 Å². The van der Waals surface area contributed by atoms with Crippen LogP contribution in [0.3, 0.4) is 0 Å². The molecule has 1 aliphatic carbocycles. The highest BCUT2D eigenvalue weighted by Crippen LogP contribution is 2.51. The second-order valence-electron chi connectivity index (χ2n) is 4.80. The third-order valence-corrected chi connectivity index (χ3v) is 3.51. The molecule has 4 atom stereocenters. The van der Waals surface area contributed by atoms with Gasteiger partial charge in [-0.1, -0.05) is 13.8 Å². The van der Waals surface area contributed by atoms with Crippen LogP contribution < -0.4 is 0 Å². The Morgan fingerprint density at radius 3 is 2.12 bits per heavy atom. The summed E-state index contributed by atoms with van der Waals surface area (Å²) in [5.74, 6) is -2.42. The Hall–Kier alpha value is -0.330. The fourth-order valence-electron chi connectivity index (χ4n) is 2.55. The second-order valence-corrected chi connectivity index (χ2v) is 4.80. The maximum atomic E-state index is 12.8. The van der Waals surface area contributed by atoms with Gasteiger partial charge in [0.1, 0.15) is 0 Å². The van der Waals surface area contributed by atoms with Crippen molar-refractivity contribution >= 4 is 0 Å². The highest BCUT2D eigenvalue weighted by Gasteiger charge is 2.68. The molecule has 0 amide bonds. The van der Waals surface area contributed by atoms with Gasteiger partial charge < -0.3 is 15.3 Å². The SMILES string of the molecule is CC(C)[C@@H]1C[C@H](CO)[C@@H](O)[C@]1(O)C(F)(F)F. The Kier molecular flexibility index (Phi) is 3.57. The molecule has 0 heterocycles. The van der Waals surface area contributed by atoms with Gasteiger partial charge in [0.25, 0.3) is 0 Å². The average Bonchev–Trinajstić information content (AvgIpc) is 2.40. The Morgan fingerprint density at radius 2 is 1.88 bits per heavy atom. The van der Waals surface area contributed by atoms with Gasteiger partial charge in [0.15, 0.2) is 5.60 Å². The minimum atomic E-state index is -4.88. The second kappa shape index (κ2) is 4.16. The first-order valence-corrected chi connectivity index (χ1v) is 5.24. The van der Waals surface area contributed by atoms with Gasteiger partial charge in [-0.3, -0.25) is 0 Å². The smallest absolute Gasteiger partial charge is 0.396 e. The largest absolute Gasteiger partial charge is 0.420 e. The van der Waals surface area contributed by atoms with Crippen molar-refractivity contribution in [1.29, 1.82) is 0 Å². The zero-order chi connectivity index (χ0) is 12.7. The third-order valence-electron chi connectivity index (χ3n) is 3.51. The highest BCUT2D eigenvalue weighted by atomic mass is 19.4. The van der Waals surface area contributed by atoms with Crippen LogP contribution in [0.5, 0.6) is 0 Å². The van der Waals surface area contributed by atoms with Crippen molar-refractivity contribution in [2.24, 2.45) is 17.8 Å². The molecule has 1 rings (SSSR count). The van der Waals surface area contributed by atoms with Gasteiger partial charge in [-0.15, -0.1) is 0 Å². The molecule has 1 saturated carbocycles. The number of aliphatic hydroxyl groups is 3. The molecule has 3 N–H and O–H groups in total. The molecule has 0 radical (unpaired) electrons. The van der Waals surface area contributed by atoms with E-state index in [1.165, 1.54) is 0 Å². The number of alkyl halides is 3. The quantitative estimate of drug-likeness (QED) is 0.675. The first-order chi connectivity index (χ1) is 7.16. The van der Waals surface area contributed by atoms with Crippen LogP contribution in [0.4, 0.5) is 13.2 Å². The van der Waals surface area contributed by atoms with Crippen molar-refractivity contribution in [1.82, 2.24) is 0 Å². The number of halogens is 3. The molecular formula is C10H17F3O3. The predicted octanol–water partition coefficient (Wildman–Crippen LogP) is 0.925. The number of hydrogen-bond donors (Lipinski definition) is 3. The topological polar surface area (TPSA) is 60.7 Å². The number of aliphatic hydroxyl groups excluding tert-OH is 2. The van der Waals surface area contributed by atoms with Crippen molar-refractivity contribution in [3.05, 3.63) is 0 Å². The fourth-order valence-corrected chi connectivity index (χ4v) is 2.55. The Balaban J connectivity index is 3.11. The van der Waals surface area contributed by atoms with Crippen molar-refractivity contribution in [2.75, 3.05) is 6.61 Å². The summed E-state index contributed by atoms with van der Waals surface area (Å²) in [6.07, 6.45) is -6.86. The van der Waals surface area contributed by atoms with E-state index < -0.39 is 42.2 Å². The Labute approximate surface area is 91.9 Å². The van der Waals surface area contributed by atoms with E-state index in [1.54, 1.807) is 13.8 Å². The van der Waals surface area contributed by atoms with Gasteiger partial charge in [-0.05, 0) is 12.3 Å². The molecule has 6 heteroatoms. The first kappa shape index (κ1) is 13.7. The molecule has 1 fully saturated rings. The molecular weight excluding hydrogens is 225 g/mol. The molecule has 0 aliphatic heterocycles. The monoisotopic (exact) mass is 242 g/mol. The Morgan fingerprint density at radius 1 is 1.38 bits per heavy atom. The number of rotatable bonds is 2. The van der Waals surface area contributed by atoms with E-state index in [0.717, 1.165) is 0 Å². The van der Waals surface area contributed by atoms with Crippen LogP contribution in [0.15, 0.2) is 0 Å². The van der Waals surface area contributed by atoms with E-state index >= 15 is 0 Å². The summed E-state index contributed by atoms with van der Waals surface area (Å²) < 4.78 is 38.5. The molecule has 16 heavy (non-hydrogen) atoms. The van der Waals surface area contributed by atoms with Crippen LogP contribution in [0.25, 0.3) is 0 Å². The summed E-state index contributed by atoms with van der Waals surface area (Å²) in [5, 5.41) is 28.2. The standard InChI is InChI=1S/C10H17F3O3/c1-5(2)7-3-6(4-14)8(15)9(7,16)10(11,12)13/h5-8,14-16H,3-4H2,1-2H3/t6-,7+,8-,9+/m1/s1. The Bertz CT molecular complexity index is 254. The van der Waals surface area contributed by atoms with Gasteiger partial charge in [-0.25, -0.2) is 0 Å². The minimum absolute atomic E-state index is 0.0225. The summed E-state index contributed by atoms with van der Waals surface area (Å²) in [6.45, 7) is 2.57.